The van der Waals surface area contributed by atoms with Crippen LogP contribution >= 0.6 is 0 Å². The number of allylic oxidation sites excluding steroid dienone is 5. The molecule has 4 N–H and O–H groups in total. The lowest BCUT2D eigenvalue weighted by Crippen LogP contribution is -2.30. The summed E-state index contributed by atoms with van der Waals surface area (Å²) in [6, 6.07) is 46.5. The zero-order valence-corrected chi connectivity index (χ0v) is 34.9. The Balaban J connectivity index is 1.04. The van der Waals surface area contributed by atoms with E-state index < -0.39 is 10.8 Å². The average molecular weight is 823 g/mol. The summed E-state index contributed by atoms with van der Waals surface area (Å²) in [5, 5.41) is 51.2. The highest BCUT2D eigenvalue weighted by Crippen LogP contribution is 2.60. The van der Waals surface area contributed by atoms with E-state index in [1.807, 2.05) is 110 Å². The number of fused-ring (bicyclic) bond motifs is 12. The predicted octanol–water partition coefficient (Wildman–Crippen LogP) is 14.2. The molecule has 0 atom stereocenters. The number of hydrogen-bond acceptors (Lipinski definition) is 6. The first-order valence-electron chi connectivity index (χ1n) is 21.0. The summed E-state index contributed by atoms with van der Waals surface area (Å²) < 4.78 is 13.2. The highest BCUT2D eigenvalue weighted by Gasteiger charge is 2.45. The molecule has 9 aromatic rings. The van der Waals surface area contributed by atoms with Gasteiger partial charge in [0, 0.05) is 68.1 Å². The lowest BCUT2D eigenvalue weighted by molar-refractivity contribution is 0.416. The van der Waals surface area contributed by atoms with E-state index in [0.29, 0.717) is 23.0 Å². The topological polar surface area (TPSA) is 99.4 Å². The van der Waals surface area contributed by atoms with Gasteiger partial charge in [-0.15, -0.1) is 0 Å². The maximum atomic E-state index is 11.2. The molecule has 6 nitrogen and oxygen atoms in total. The lowest BCUT2D eigenvalue weighted by atomic mass is 9.66. The molecule has 0 saturated heterocycles. The molecule has 9 aromatic carbocycles. The van der Waals surface area contributed by atoms with E-state index in [-0.39, 0.29) is 23.0 Å². The molecular formula is C57H42O6. The van der Waals surface area contributed by atoms with E-state index in [2.05, 4.69) is 56.8 Å². The van der Waals surface area contributed by atoms with Crippen molar-refractivity contribution >= 4 is 48.7 Å². The highest BCUT2D eigenvalue weighted by molar-refractivity contribution is 6.02. The average Bonchev–Trinajstić information content (AvgIpc) is 3.29. The Labute approximate surface area is 364 Å². The number of rotatable bonds is 5. The van der Waals surface area contributed by atoms with E-state index in [0.717, 1.165) is 87.6 Å². The Morgan fingerprint density at radius 2 is 0.794 bits per heavy atom. The summed E-state index contributed by atoms with van der Waals surface area (Å²) in [5.41, 5.74) is 5.82. The van der Waals surface area contributed by atoms with Crippen LogP contribution in [0.4, 0.5) is 0 Å². The molecule has 306 valence electrons. The number of hydrogen-bond donors (Lipinski definition) is 4. The van der Waals surface area contributed by atoms with Crippen LogP contribution in [0.3, 0.4) is 0 Å². The Bertz CT molecular complexity index is 3320. The molecule has 2 aliphatic rings. The zero-order valence-electron chi connectivity index (χ0n) is 34.9. The Morgan fingerprint density at radius 3 is 1.16 bits per heavy atom. The van der Waals surface area contributed by atoms with Gasteiger partial charge >= 0.3 is 0 Å². The van der Waals surface area contributed by atoms with Crippen molar-refractivity contribution in [2.45, 2.75) is 31.6 Å². The SMILES string of the molecule is C=C(/C=C\C(=C/C)C1(C)c2c(cc(O)c3ccccc23)Oc2cc(O)c3ccccc3c21)c1ccc(C2(C)c3c(cc(O)c4ccccc34)Oc3cc(O)c4ccccc4c32)cc1. The Hall–Kier alpha value is -7.96. The second kappa shape index (κ2) is 13.8. The zero-order chi connectivity index (χ0) is 43.4. The smallest absolute Gasteiger partial charge is 0.136 e. The van der Waals surface area contributed by atoms with Crippen molar-refractivity contribution < 1.29 is 29.9 Å². The summed E-state index contributed by atoms with van der Waals surface area (Å²) in [4.78, 5) is 0. The molecule has 0 aromatic heterocycles. The van der Waals surface area contributed by atoms with Crippen LogP contribution in [0.2, 0.25) is 0 Å². The van der Waals surface area contributed by atoms with Gasteiger partial charge in [0.05, 0.1) is 10.8 Å². The monoisotopic (exact) mass is 822 g/mol. The maximum Gasteiger partial charge on any atom is 0.136 e. The fourth-order valence-corrected chi connectivity index (χ4v) is 10.6. The van der Waals surface area contributed by atoms with Gasteiger partial charge in [-0.25, -0.2) is 0 Å². The van der Waals surface area contributed by atoms with Crippen molar-refractivity contribution in [1.29, 1.82) is 0 Å². The van der Waals surface area contributed by atoms with E-state index >= 15 is 0 Å². The van der Waals surface area contributed by atoms with Crippen LogP contribution in [0.5, 0.6) is 46.0 Å². The molecule has 0 spiro atoms. The van der Waals surface area contributed by atoms with Crippen LogP contribution in [0.15, 0.2) is 176 Å². The number of aromatic hydroxyl groups is 4. The van der Waals surface area contributed by atoms with Crippen molar-refractivity contribution in [3.05, 3.63) is 209 Å². The fourth-order valence-electron chi connectivity index (χ4n) is 10.6. The summed E-state index contributed by atoms with van der Waals surface area (Å²) in [6.07, 6.45) is 6.27. The minimum Gasteiger partial charge on any atom is -0.507 e. The number of benzene rings is 9. The molecule has 0 aliphatic carbocycles. The first-order valence-corrected chi connectivity index (χ1v) is 21.0. The molecule has 0 radical (unpaired) electrons. The van der Waals surface area contributed by atoms with Crippen molar-refractivity contribution in [2.75, 3.05) is 0 Å². The first kappa shape index (κ1) is 38.0. The Morgan fingerprint density at radius 1 is 0.460 bits per heavy atom. The fraction of sp³-hybridized carbons (Fsp3) is 0.0877. The molecule has 6 heteroatoms. The number of ether oxygens (including phenoxy) is 2. The van der Waals surface area contributed by atoms with Crippen LogP contribution in [-0.4, -0.2) is 20.4 Å². The van der Waals surface area contributed by atoms with Crippen molar-refractivity contribution in [2.24, 2.45) is 0 Å². The summed E-state index contributed by atoms with van der Waals surface area (Å²) in [5.74, 6) is 2.59. The van der Waals surface area contributed by atoms with Crippen LogP contribution in [0.25, 0.3) is 48.7 Å². The van der Waals surface area contributed by atoms with Gasteiger partial charge in [-0.2, -0.15) is 0 Å². The summed E-state index contributed by atoms with van der Waals surface area (Å²) in [7, 11) is 0. The van der Waals surface area contributed by atoms with Crippen LogP contribution in [0, 0.1) is 0 Å². The normalized spacial score (nSPS) is 14.8. The molecule has 63 heavy (non-hydrogen) atoms. The first-order chi connectivity index (χ1) is 30.5. The predicted molar refractivity (Wildman–Crippen MR) is 253 cm³/mol. The third-order valence-electron chi connectivity index (χ3n) is 13.6. The molecule has 0 amide bonds. The van der Waals surface area contributed by atoms with Gasteiger partial charge < -0.3 is 29.9 Å². The third-order valence-corrected chi connectivity index (χ3v) is 13.6. The molecule has 0 fully saturated rings. The quantitative estimate of drug-likeness (QED) is 0.129. The van der Waals surface area contributed by atoms with Gasteiger partial charge in [0.15, 0.2) is 0 Å². The van der Waals surface area contributed by atoms with Gasteiger partial charge in [-0.3, -0.25) is 0 Å². The van der Waals surface area contributed by atoms with Gasteiger partial charge in [-0.05, 0) is 64.6 Å². The third kappa shape index (κ3) is 5.37. The van der Waals surface area contributed by atoms with E-state index in [4.69, 9.17) is 9.47 Å². The lowest BCUT2D eigenvalue weighted by Gasteiger charge is -2.40. The largest absolute Gasteiger partial charge is 0.507 e. The van der Waals surface area contributed by atoms with Gasteiger partial charge in [0.2, 0.25) is 0 Å². The Kier molecular flexibility index (Phi) is 8.31. The van der Waals surface area contributed by atoms with E-state index in [1.165, 1.54) is 0 Å². The standard InChI is InChI=1S/C57H42O6/c1-5-34(56(3)52-40-18-10-6-14-36(40)44(58)28-48(52)62-49-29-45(59)37-15-7-11-19-41(37)53(49)56)25-22-32(2)33-23-26-35(27-24-33)57(4)54-42-20-12-8-16-38(42)46(60)30-50(54)63-51-31-47(61)39-17-9-13-21-43(39)55(51)57/h5-31,58-61H,2H2,1,3-4H3/b25-22-,34-5+. The van der Waals surface area contributed by atoms with Crippen LogP contribution < -0.4 is 9.47 Å². The van der Waals surface area contributed by atoms with Gasteiger partial charge in [0.25, 0.3) is 0 Å². The molecule has 11 rings (SSSR count). The van der Waals surface area contributed by atoms with Crippen molar-refractivity contribution in [1.82, 2.24) is 0 Å². The summed E-state index contributed by atoms with van der Waals surface area (Å²) >= 11 is 0. The van der Waals surface area contributed by atoms with Crippen LogP contribution in [-0.2, 0) is 10.8 Å². The molecule has 0 saturated carbocycles. The van der Waals surface area contributed by atoms with Crippen LogP contribution in [0.1, 0.15) is 54.2 Å². The molecule has 0 unspecified atom stereocenters. The molecule has 2 heterocycles. The van der Waals surface area contributed by atoms with Crippen molar-refractivity contribution in [3.63, 3.8) is 0 Å². The summed E-state index contributed by atoms with van der Waals surface area (Å²) in [6.45, 7) is 11.0. The van der Waals surface area contributed by atoms with E-state index in [1.54, 1.807) is 24.3 Å². The van der Waals surface area contributed by atoms with Gasteiger partial charge in [0.1, 0.15) is 46.0 Å². The second-order valence-electron chi connectivity index (χ2n) is 16.9. The van der Waals surface area contributed by atoms with E-state index in [9.17, 15) is 20.4 Å². The maximum absolute atomic E-state index is 11.2. The van der Waals surface area contributed by atoms with Gasteiger partial charge in [-0.1, -0.05) is 146 Å². The molecule has 0 bridgehead atoms. The second-order valence-corrected chi connectivity index (χ2v) is 16.9. The molecular weight excluding hydrogens is 781 g/mol. The van der Waals surface area contributed by atoms with Crippen molar-refractivity contribution in [3.8, 4) is 46.0 Å². The minimum absolute atomic E-state index is 0.119. The number of phenols is 4. The molecule has 2 aliphatic heterocycles. The minimum atomic E-state index is -0.800. The number of phenolic OH excluding ortho intramolecular Hbond substituents is 4. The highest BCUT2D eigenvalue weighted by atomic mass is 16.5.